The molecule has 1 aliphatic heterocycles. The molecular weight excluding hydrogens is 412 g/mol. The van der Waals surface area contributed by atoms with Gasteiger partial charge < -0.3 is 13.9 Å². The predicted molar refractivity (Wildman–Crippen MR) is 123 cm³/mol. The number of rotatable bonds is 5. The lowest BCUT2D eigenvalue weighted by Crippen LogP contribution is -2.29. The van der Waals surface area contributed by atoms with Gasteiger partial charge in [0.25, 0.3) is 0 Å². The highest BCUT2D eigenvalue weighted by Gasteiger charge is 2.21. The number of hydrogen-bond donors (Lipinski definition) is 0. The van der Waals surface area contributed by atoms with Gasteiger partial charge in [0.2, 0.25) is 5.43 Å². The molecular formula is C24H24N2O4S. The van der Waals surface area contributed by atoms with Gasteiger partial charge in [-0.15, -0.1) is 11.3 Å². The van der Waals surface area contributed by atoms with Crippen LogP contribution >= 0.6 is 11.3 Å². The van der Waals surface area contributed by atoms with Crippen LogP contribution in [0.15, 0.2) is 45.8 Å². The van der Waals surface area contributed by atoms with Gasteiger partial charge in [-0.3, -0.25) is 9.69 Å². The summed E-state index contributed by atoms with van der Waals surface area (Å²) in [7, 11) is 3.29. The molecule has 0 bridgehead atoms. The Labute approximate surface area is 184 Å². The Hall–Kier alpha value is -2.90. The maximum Gasteiger partial charge on any atom is 0.202 e. The molecule has 1 saturated heterocycles. The number of methoxy groups -OCH3 is 2. The van der Waals surface area contributed by atoms with Crippen molar-refractivity contribution in [3.8, 4) is 22.1 Å². The summed E-state index contributed by atoms with van der Waals surface area (Å²) < 4.78 is 18.0. The average Bonchev–Trinajstić information content (AvgIpc) is 3.24. The summed E-state index contributed by atoms with van der Waals surface area (Å²) in [6, 6.07) is 9.36. The van der Waals surface area contributed by atoms with Crippen LogP contribution in [0.3, 0.4) is 0 Å². The molecule has 1 aliphatic rings. The molecule has 5 rings (SSSR count). The van der Waals surface area contributed by atoms with E-state index in [9.17, 15) is 4.79 Å². The molecule has 6 nitrogen and oxygen atoms in total. The molecule has 2 aromatic heterocycles. The summed E-state index contributed by atoms with van der Waals surface area (Å²) in [6.07, 6.45) is 5.20. The highest BCUT2D eigenvalue weighted by atomic mass is 32.1. The molecule has 0 radical (unpaired) electrons. The van der Waals surface area contributed by atoms with Crippen LogP contribution in [0.5, 0.6) is 11.5 Å². The molecule has 2 aromatic carbocycles. The molecule has 0 spiro atoms. The minimum atomic E-state index is -0.0816. The van der Waals surface area contributed by atoms with E-state index in [1.165, 1.54) is 36.9 Å². The fourth-order valence-electron chi connectivity index (χ4n) is 4.27. The minimum Gasteiger partial charge on any atom is -0.496 e. The number of hydrogen-bond acceptors (Lipinski definition) is 7. The van der Waals surface area contributed by atoms with E-state index >= 15 is 0 Å². The van der Waals surface area contributed by atoms with E-state index < -0.39 is 0 Å². The zero-order valence-electron chi connectivity index (χ0n) is 17.6. The molecule has 7 heteroatoms. The number of ether oxygens (including phenoxy) is 2. The van der Waals surface area contributed by atoms with E-state index in [-0.39, 0.29) is 5.43 Å². The summed E-state index contributed by atoms with van der Waals surface area (Å²) in [6.45, 7) is 2.81. The Balaban J connectivity index is 1.62. The van der Waals surface area contributed by atoms with Crippen molar-refractivity contribution in [1.82, 2.24) is 9.88 Å². The maximum atomic E-state index is 13.4. The maximum absolute atomic E-state index is 13.4. The summed E-state index contributed by atoms with van der Waals surface area (Å²) in [5.74, 6) is 1.50. The van der Waals surface area contributed by atoms with Gasteiger partial charge >= 0.3 is 0 Å². The van der Waals surface area contributed by atoms with E-state index in [2.05, 4.69) is 9.88 Å². The molecule has 0 atom stereocenters. The highest BCUT2D eigenvalue weighted by molar-refractivity contribution is 7.22. The summed E-state index contributed by atoms with van der Waals surface area (Å²) in [5, 5.41) is 1.18. The predicted octanol–water partition coefficient (Wildman–Crippen LogP) is 5.07. The number of aromatic nitrogens is 1. The summed E-state index contributed by atoms with van der Waals surface area (Å²) in [5.41, 5.74) is 2.71. The summed E-state index contributed by atoms with van der Waals surface area (Å²) in [4.78, 5) is 20.5. The first kappa shape index (κ1) is 20.0. The smallest absolute Gasteiger partial charge is 0.202 e. The normalized spacial score (nSPS) is 14.9. The molecule has 1 fully saturated rings. The Morgan fingerprint density at radius 2 is 1.87 bits per heavy atom. The molecule has 31 heavy (non-hydrogen) atoms. The lowest BCUT2D eigenvalue weighted by molar-refractivity contribution is 0.218. The Morgan fingerprint density at radius 3 is 2.65 bits per heavy atom. The standard InChI is InChI=1S/C24H24N2O4S/c1-28-19-10-9-15-21(27)17(24-25-18-7-6-8-20(29-2)23(18)31-24)14-30-22(15)16(19)13-26-11-4-3-5-12-26/h6-10,14H,3-5,11-13H2,1-2H3. The van der Waals surface area contributed by atoms with E-state index in [0.29, 0.717) is 28.1 Å². The lowest BCUT2D eigenvalue weighted by atomic mass is 10.1. The van der Waals surface area contributed by atoms with Crippen molar-refractivity contribution < 1.29 is 13.9 Å². The van der Waals surface area contributed by atoms with Crippen molar-refractivity contribution in [1.29, 1.82) is 0 Å². The van der Waals surface area contributed by atoms with Crippen LogP contribution in [0.1, 0.15) is 24.8 Å². The quantitative estimate of drug-likeness (QED) is 0.435. The fourth-order valence-corrected chi connectivity index (χ4v) is 5.33. The van der Waals surface area contributed by atoms with Crippen LogP contribution in [0.2, 0.25) is 0 Å². The van der Waals surface area contributed by atoms with Crippen LogP contribution in [0, 0.1) is 0 Å². The second-order valence-corrected chi connectivity index (χ2v) is 8.76. The Morgan fingerprint density at radius 1 is 1.06 bits per heavy atom. The van der Waals surface area contributed by atoms with Gasteiger partial charge in [-0.25, -0.2) is 4.98 Å². The molecule has 4 aromatic rings. The zero-order chi connectivity index (χ0) is 21.4. The SMILES string of the molecule is COc1ccc2c(=O)c(-c3nc4cccc(OC)c4s3)coc2c1CN1CCCCC1. The van der Waals surface area contributed by atoms with Crippen LogP contribution in [-0.2, 0) is 6.54 Å². The first-order chi connectivity index (χ1) is 15.2. The van der Waals surface area contributed by atoms with Gasteiger partial charge in [0, 0.05) is 6.54 Å². The van der Waals surface area contributed by atoms with Crippen molar-refractivity contribution in [3.63, 3.8) is 0 Å². The van der Waals surface area contributed by atoms with Gasteiger partial charge in [-0.1, -0.05) is 12.5 Å². The topological polar surface area (TPSA) is 64.8 Å². The number of piperidine rings is 1. The zero-order valence-corrected chi connectivity index (χ0v) is 18.5. The molecule has 0 N–H and O–H groups in total. The number of fused-ring (bicyclic) bond motifs is 2. The monoisotopic (exact) mass is 436 g/mol. The van der Waals surface area contributed by atoms with Crippen LogP contribution in [-0.4, -0.2) is 37.2 Å². The van der Waals surface area contributed by atoms with Crippen LogP contribution in [0.4, 0.5) is 0 Å². The highest BCUT2D eigenvalue weighted by Crippen LogP contribution is 2.36. The number of nitrogens with zero attached hydrogens (tertiary/aromatic N) is 2. The van der Waals surface area contributed by atoms with Crippen molar-refractivity contribution in [2.75, 3.05) is 27.3 Å². The molecule has 0 saturated carbocycles. The van der Waals surface area contributed by atoms with Gasteiger partial charge in [0.15, 0.2) is 0 Å². The largest absolute Gasteiger partial charge is 0.496 e. The van der Waals surface area contributed by atoms with Gasteiger partial charge in [-0.05, 0) is 50.2 Å². The third-order valence-corrected chi connectivity index (χ3v) is 7.00. The van der Waals surface area contributed by atoms with Crippen molar-refractivity contribution in [3.05, 3.63) is 52.4 Å². The first-order valence-corrected chi connectivity index (χ1v) is 11.3. The number of benzene rings is 2. The van der Waals surface area contributed by atoms with E-state index in [0.717, 1.165) is 40.4 Å². The minimum absolute atomic E-state index is 0.0816. The Bertz CT molecular complexity index is 1300. The molecule has 3 heterocycles. The molecule has 160 valence electrons. The number of likely N-dealkylation sites (tertiary alicyclic amines) is 1. The third-order valence-electron chi connectivity index (χ3n) is 5.88. The molecule has 0 aliphatic carbocycles. The van der Waals surface area contributed by atoms with Gasteiger partial charge in [0.05, 0.1) is 40.9 Å². The van der Waals surface area contributed by atoms with E-state index in [1.807, 2.05) is 24.3 Å². The second-order valence-electron chi connectivity index (χ2n) is 7.77. The van der Waals surface area contributed by atoms with Crippen molar-refractivity contribution >= 4 is 32.5 Å². The van der Waals surface area contributed by atoms with Crippen molar-refractivity contribution in [2.45, 2.75) is 25.8 Å². The third kappa shape index (κ3) is 3.58. The van der Waals surface area contributed by atoms with E-state index in [1.54, 1.807) is 20.3 Å². The fraction of sp³-hybridized carbons (Fsp3) is 0.333. The van der Waals surface area contributed by atoms with Crippen molar-refractivity contribution in [2.24, 2.45) is 0 Å². The van der Waals surface area contributed by atoms with Gasteiger partial charge in [0.1, 0.15) is 28.4 Å². The lowest BCUT2D eigenvalue weighted by Gasteiger charge is -2.27. The second kappa shape index (κ2) is 8.32. The Kier molecular flexibility index (Phi) is 5.38. The summed E-state index contributed by atoms with van der Waals surface area (Å²) >= 11 is 1.44. The molecule has 0 amide bonds. The van der Waals surface area contributed by atoms with Gasteiger partial charge in [-0.2, -0.15) is 0 Å². The van der Waals surface area contributed by atoms with E-state index in [4.69, 9.17) is 13.9 Å². The van der Waals surface area contributed by atoms with Crippen LogP contribution in [0.25, 0.3) is 31.8 Å². The average molecular weight is 437 g/mol. The first-order valence-electron chi connectivity index (χ1n) is 10.5. The molecule has 0 unspecified atom stereocenters. The number of thiazole rings is 1. The van der Waals surface area contributed by atoms with Crippen LogP contribution < -0.4 is 14.9 Å².